The summed E-state index contributed by atoms with van der Waals surface area (Å²) in [6.45, 7) is 2.63. The van der Waals surface area contributed by atoms with Gasteiger partial charge in [-0.3, -0.25) is 19.5 Å². The molecule has 7 heteroatoms. The molecule has 1 aromatic heterocycles. The van der Waals surface area contributed by atoms with Crippen LogP contribution in [-0.2, 0) is 6.54 Å². The summed E-state index contributed by atoms with van der Waals surface area (Å²) in [4.78, 5) is 32.4. The van der Waals surface area contributed by atoms with Crippen molar-refractivity contribution in [2.24, 2.45) is 0 Å². The molecule has 3 aromatic rings. The van der Waals surface area contributed by atoms with Gasteiger partial charge in [0.05, 0.1) is 22.5 Å². The minimum Gasteiger partial charge on any atom is -0.349 e. The summed E-state index contributed by atoms with van der Waals surface area (Å²) in [6, 6.07) is 20.4. The van der Waals surface area contributed by atoms with Crippen LogP contribution < -0.4 is 10.6 Å². The number of hydrogen-bond donors (Lipinski definition) is 2. The van der Waals surface area contributed by atoms with E-state index in [1.165, 1.54) is 0 Å². The zero-order valence-corrected chi connectivity index (χ0v) is 19.2. The minimum atomic E-state index is -0.263. The number of likely N-dealkylation sites (tertiary alicyclic amines) is 1. The van der Waals surface area contributed by atoms with Crippen molar-refractivity contribution >= 4 is 33.4 Å². The lowest BCUT2D eigenvalue weighted by atomic mass is 10.0. The monoisotopic (exact) mass is 492 g/mol. The number of halogens is 1. The number of carbonyl (C=O) groups is 2. The highest BCUT2D eigenvalue weighted by atomic mass is 79.9. The Morgan fingerprint density at radius 3 is 2.31 bits per heavy atom. The highest BCUT2D eigenvalue weighted by Crippen LogP contribution is 2.21. The maximum Gasteiger partial charge on any atom is 0.256 e. The summed E-state index contributed by atoms with van der Waals surface area (Å²) in [6.07, 6.45) is 3.57. The molecule has 2 amide bonds. The number of rotatable bonds is 6. The van der Waals surface area contributed by atoms with Crippen LogP contribution in [0.25, 0.3) is 0 Å². The van der Waals surface area contributed by atoms with Gasteiger partial charge in [0.15, 0.2) is 0 Å². The van der Waals surface area contributed by atoms with E-state index in [0.29, 0.717) is 21.3 Å². The number of nitrogens with zero attached hydrogens (tertiary/aromatic N) is 2. The summed E-state index contributed by atoms with van der Waals surface area (Å²) in [5.41, 5.74) is 2.54. The van der Waals surface area contributed by atoms with Crippen LogP contribution in [0.4, 0.5) is 5.69 Å². The van der Waals surface area contributed by atoms with Gasteiger partial charge < -0.3 is 10.6 Å². The molecule has 0 atom stereocenters. The van der Waals surface area contributed by atoms with Crippen LogP contribution in [0.5, 0.6) is 0 Å². The van der Waals surface area contributed by atoms with Gasteiger partial charge in [-0.15, -0.1) is 0 Å². The molecule has 2 N–H and O–H groups in total. The van der Waals surface area contributed by atoms with Crippen molar-refractivity contribution < 1.29 is 9.59 Å². The molecule has 32 heavy (non-hydrogen) atoms. The normalized spacial score (nSPS) is 14.7. The second-order valence-corrected chi connectivity index (χ2v) is 8.68. The lowest BCUT2D eigenvalue weighted by Crippen LogP contribution is -2.44. The fourth-order valence-corrected chi connectivity index (χ4v) is 4.31. The van der Waals surface area contributed by atoms with Gasteiger partial charge in [0, 0.05) is 36.3 Å². The Balaban J connectivity index is 1.35. The van der Waals surface area contributed by atoms with Crippen molar-refractivity contribution in [1.82, 2.24) is 15.2 Å². The van der Waals surface area contributed by atoms with E-state index in [2.05, 4.69) is 36.4 Å². The van der Waals surface area contributed by atoms with Gasteiger partial charge in [-0.1, -0.05) is 30.3 Å². The van der Waals surface area contributed by atoms with E-state index in [0.717, 1.165) is 38.2 Å². The number of pyridine rings is 1. The maximum absolute atomic E-state index is 13.0. The van der Waals surface area contributed by atoms with Crippen LogP contribution in [0.3, 0.4) is 0 Å². The van der Waals surface area contributed by atoms with Gasteiger partial charge in [-0.2, -0.15) is 0 Å². The van der Waals surface area contributed by atoms with E-state index in [1.54, 1.807) is 30.3 Å². The third-order valence-corrected chi connectivity index (χ3v) is 6.26. The molecule has 1 aliphatic heterocycles. The highest BCUT2D eigenvalue weighted by Gasteiger charge is 2.23. The van der Waals surface area contributed by atoms with Crippen LogP contribution in [0.1, 0.15) is 39.3 Å². The lowest BCUT2D eigenvalue weighted by molar-refractivity contribution is 0.0909. The number of piperidine rings is 1. The van der Waals surface area contributed by atoms with Crippen molar-refractivity contribution in [1.29, 1.82) is 0 Å². The van der Waals surface area contributed by atoms with Crippen LogP contribution in [0.15, 0.2) is 77.4 Å². The molecule has 1 aliphatic rings. The Hall–Kier alpha value is -3.03. The summed E-state index contributed by atoms with van der Waals surface area (Å²) in [7, 11) is 0. The van der Waals surface area contributed by atoms with Crippen molar-refractivity contribution in [2.45, 2.75) is 25.4 Å². The molecule has 164 valence electrons. The van der Waals surface area contributed by atoms with Crippen molar-refractivity contribution in [3.05, 3.63) is 94.2 Å². The molecule has 0 bridgehead atoms. The fraction of sp³-hybridized carbons (Fsp3) is 0.240. The topological polar surface area (TPSA) is 74.3 Å². The molecule has 2 heterocycles. The predicted molar refractivity (Wildman–Crippen MR) is 129 cm³/mol. The second kappa shape index (κ2) is 10.5. The Bertz CT molecular complexity index is 1080. The van der Waals surface area contributed by atoms with Gasteiger partial charge in [-0.25, -0.2) is 0 Å². The second-order valence-electron chi connectivity index (χ2n) is 7.82. The van der Waals surface area contributed by atoms with Gasteiger partial charge in [0.2, 0.25) is 0 Å². The minimum absolute atomic E-state index is 0.106. The average Bonchev–Trinajstić information content (AvgIpc) is 2.81. The van der Waals surface area contributed by atoms with E-state index >= 15 is 0 Å². The first-order valence-corrected chi connectivity index (χ1v) is 11.5. The molecule has 0 aliphatic carbocycles. The van der Waals surface area contributed by atoms with Gasteiger partial charge in [0.1, 0.15) is 0 Å². The molecule has 0 spiro atoms. The zero-order chi connectivity index (χ0) is 22.3. The Morgan fingerprint density at radius 1 is 0.906 bits per heavy atom. The quantitative estimate of drug-likeness (QED) is 0.531. The first-order chi connectivity index (χ1) is 15.6. The smallest absolute Gasteiger partial charge is 0.256 e. The van der Waals surface area contributed by atoms with E-state index in [-0.39, 0.29) is 17.9 Å². The molecule has 4 rings (SSSR count). The van der Waals surface area contributed by atoms with Gasteiger partial charge >= 0.3 is 0 Å². The molecule has 0 saturated carbocycles. The average molecular weight is 493 g/mol. The molecular formula is C25H25BrN4O2. The standard InChI is InChI=1S/C25H25BrN4O2/c26-22-10-3-1-8-20(22)24(31)29-23-11-4-2-9-21(23)25(32)28-18-12-15-30(16-13-18)17-19-7-5-6-14-27-19/h1-11,14,18H,12-13,15-17H2,(H,28,32)(H,29,31). The van der Waals surface area contributed by atoms with Crippen LogP contribution >= 0.6 is 15.9 Å². The Kier molecular flexibility index (Phi) is 7.29. The number of para-hydroxylation sites is 1. The molecular weight excluding hydrogens is 468 g/mol. The van der Waals surface area contributed by atoms with Crippen molar-refractivity contribution in [3.8, 4) is 0 Å². The Morgan fingerprint density at radius 2 is 1.59 bits per heavy atom. The molecule has 0 unspecified atom stereocenters. The lowest BCUT2D eigenvalue weighted by Gasteiger charge is -2.32. The zero-order valence-electron chi connectivity index (χ0n) is 17.6. The number of amides is 2. The van der Waals surface area contributed by atoms with Gasteiger partial charge in [-0.05, 0) is 65.2 Å². The number of anilines is 1. The predicted octanol–water partition coefficient (Wildman–Crippen LogP) is 4.49. The first-order valence-electron chi connectivity index (χ1n) is 10.7. The Labute approximate surface area is 196 Å². The first kappa shape index (κ1) is 22.2. The summed E-state index contributed by atoms with van der Waals surface area (Å²) < 4.78 is 0.705. The number of hydrogen-bond acceptors (Lipinski definition) is 4. The third kappa shape index (κ3) is 5.60. The number of benzene rings is 2. The van der Waals surface area contributed by atoms with Crippen molar-refractivity contribution in [3.63, 3.8) is 0 Å². The maximum atomic E-state index is 13.0. The highest BCUT2D eigenvalue weighted by molar-refractivity contribution is 9.10. The van der Waals surface area contributed by atoms with E-state index < -0.39 is 0 Å². The fourth-order valence-electron chi connectivity index (χ4n) is 3.84. The van der Waals surface area contributed by atoms with Crippen LogP contribution in [0, 0.1) is 0 Å². The number of nitrogens with one attached hydrogen (secondary N) is 2. The molecule has 0 radical (unpaired) electrons. The van der Waals surface area contributed by atoms with E-state index in [1.807, 2.05) is 42.6 Å². The third-order valence-electron chi connectivity index (χ3n) is 5.57. The summed E-state index contributed by atoms with van der Waals surface area (Å²) in [5.74, 6) is -0.434. The van der Waals surface area contributed by atoms with Gasteiger partial charge in [0.25, 0.3) is 11.8 Å². The van der Waals surface area contributed by atoms with E-state index in [9.17, 15) is 9.59 Å². The largest absolute Gasteiger partial charge is 0.349 e. The number of carbonyl (C=O) groups excluding carboxylic acids is 2. The van der Waals surface area contributed by atoms with Crippen molar-refractivity contribution in [2.75, 3.05) is 18.4 Å². The SMILES string of the molecule is O=C(Nc1ccccc1C(=O)NC1CCN(Cc2ccccn2)CC1)c1ccccc1Br. The van der Waals surface area contributed by atoms with Crippen LogP contribution in [-0.4, -0.2) is 40.8 Å². The molecule has 1 saturated heterocycles. The van der Waals surface area contributed by atoms with E-state index in [4.69, 9.17) is 0 Å². The molecule has 2 aromatic carbocycles. The molecule has 6 nitrogen and oxygen atoms in total. The summed E-state index contributed by atoms with van der Waals surface area (Å²) in [5, 5.41) is 6.02. The number of aromatic nitrogens is 1. The molecule has 1 fully saturated rings. The summed E-state index contributed by atoms with van der Waals surface area (Å²) >= 11 is 3.40. The van der Waals surface area contributed by atoms with Crippen LogP contribution in [0.2, 0.25) is 0 Å².